The van der Waals surface area contributed by atoms with Gasteiger partial charge >= 0.3 is 5.97 Å². The summed E-state index contributed by atoms with van der Waals surface area (Å²) in [5.41, 5.74) is 4.01. The minimum Gasteiger partial charge on any atom is -0.456 e. The highest BCUT2D eigenvalue weighted by Crippen LogP contribution is 2.23. The van der Waals surface area contributed by atoms with Gasteiger partial charge in [-0.25, -0.2) is 0 Å². The highest BCUT2D eigenvalue weighted by Gasteiger charge is 2.10. The number of ether oxygens (including phenoxy) is 1. The van der Waals surface area contributed by atoms with Crippen molar-refractivity contribution in [2.24, 2.45) is 0 Å². The molecule has 1 amide bonds. The Labute approximate surface area is 166 Å². The number of fused-ring (bicyclic) bond motifs is 1. The van der Waals surface area contributed by atoms with Gasteiger partial charge in [0, 0.05) is 28.0 Å². The van der Waals surface area contributed by atoms with Gasteiger partial charge in [0.05, 0.1) is 5.69 Å². The molecule has 0 saturated heterocycles. The third-order valence-electron chi connectivity index (χ3n) is 4.26. The van der Waals surface area contributed by atoms with Gasteiger partial charge in [0.2, 0.25) is 0 Å². The Balaban J connectivity index is 1.41. The Morgan fingerprint density at radius 2 is 2.00 bits per heavy atom. The lowest BCUT2D eigenvalue weighted by Gasteiger charge is -2.09. The molecule has 2 aromatic carbocycles. The van der Waals surface area contributed by atoms with Crippen LogP contribution in [0.4, 0.5) is 5.69 Å². The van der Waals surface area contributed by atoms with E-state index < -0.39 is 0 Å². The standard InChI is InChI=1S/C21H21BrN2O3/c1-14-9-10-19(17(22)11-14)24-20(25)13-27-21(26)8-4-5-15-12-23-18-7-3-2-6-16(15)18/h2-3,6-7,9-12,23H,4-5,8,13H2,1H3,(H,24,25). The number of hydrogen-bond acceptors (Lipinski definition) is 3. The van der Waals surface area contributed by atoms with Crippen LogP contribution in [0.1, 0.15) is 24.0 Å². The molecule has 0 saturated carbocycles. The maximum absolute atomic E-state index is 11.9. The summed E-state index contributed by atoms with van der Waals surface area (Å²) in [6, 6.07) is 13.7. The van der Waals surface area contributed by atoms with Crippen LogP contribution in [0.25, 0.3) is 10.9 Å². The van der Waals surface area contributed by atoms with Crippen molar-refractivity contribution in [2.45, 2.75) is 26.2 Å². The number of aromatic nitrogens is 1. The van der Waals surface area contributed by atoms with E-state index in [-0.39, 0.29) is 24.9 Å². The maximum atomic E-state index is 11.9. The molecular weight excluding hydrogens is 408 g/mol. The van der Waals surface area contributed by atoms with E-state index in [1.54, 1.807) is 6.07 Å². The number of nitrogens with one attached hydrogen (secondary N) is 2. The van der Waals surface area contributed by atoms with Crippen LogP contribution in [0.5, 0.6) is 0 Å². The Morgan fingerprint density at radius 3 is 2.81 bits per heavy atom. The van der Waals surface area contributed by atoms with Crippen molar-refractivity contribution in [1.29, 1.82) is 0 Å². The van der Waals surface area contributed by atoms with Crippen LogP contribution in [-0.2, 0) is 20.7 Å². The summed E-state index contributed by atoms with van der Waals surface area (Å²) in [4.78, 5) is 27.1. The number of carbonyl (C=O) groups excluding carboxylic acids is 2. The van der Waals surface area contributed by atoms with Gasteiger partial charge in [0.25, 0.3) is 5.91 Å². The molecule has 0 bridgehead atoms. The summed E-state index contributed by atoms with van der Waals surface area (Å²) in [5.74, 6) is -0.725. The van der Waals surface area contributed by atoms with Crippen LogP contribution in [0.3, 0.4) is 0 Å². The van der Waals surface area contributed by atoms with Gasteiger partial charge in [-0.1, -0.05) is 24.3 Å². The molecule has 1 aromatic heterocycles. The molecule has 0 radical (unpaired) electrons. The van der Waals surface area contributed by atoms with Crippen molar-refractivity contribution < 1.29 is 14.3 Å². The number of hydrogen-bond donors (Lipinski definition) is 2. The second-order valence-corrected chi connectivity index (χ2v) is 7.26. The van der Waals surface area contributed by atoms with Crippen molar-refractivity contribution >= 4 is 44.4 Å². The Morgan fingerprint density at radius 1 is 1.19 bits per heavy atom. The quantitative estimate of drug-likeness (QED) is 0.533. The number of aryl methyl sites for hydroxylation is 2. The van der Waals surface area contributed by atoms with Crippen LogP contribution >= 0.6 is 15.9 Å². The largest absolute Gasteiger partial charge is 0.456 e. The number of carbonyl (C=O) groups is 2. The molecular formula is C21H21BrN2O3. The first kappa shape index (κ1) is 19.2. The fourth-order valence-corrected chi connectivity index (χ4v) is 3.48. The summed E-state index contributed by atoms with van der Waals surface area (Å²) in [5, 5.41) is 3.90. The van der Waals surface area contributed by atoms with E-state index in [1.807, 2.05) is 43.5 Å². The van der Waals surface area contributed by atoms with E-state index >= 15 is 0 Å². The van der Waals surface area contributed by atoms with Gasteiger partial charge in [-0.15, -0.1) is 0 Å². The first-order valence-electron chi connectivity index (χ1n) is 8.79. The van der Waals surface area contributed by atoms with Crippen LogP contribution in [-0.4, -0.2) is 23.5 Å². The van der Waals surface area contributed by atoms with Crippen LogP contribution < -0.4 is 5.32 Å². The van der Waals surface area contributed by atoms with Gasteiger partial charge in [-0.2, -0.15) is 0 Å². The highest BCUT2D eigenvalue weighted by molar-refractivity contribution is 9.10. The number of benzene rings is 2. The first-order valence-corrected chi connectivity index (χ1v) is 9.59. The molecule has 0 spiro atoms. The highest BCUT2D eigenvalue weighted by atomic mass is 79.9. The Kier molecular flexibility index (Phi) is 6.29. The smallest absolute Gasteiger partial charge is 0.306 e. The Hall–Kier alpha value is -2.60. The molecule has 0 aliphatic rings. The lowest BCUT2D eigenvalue weighted by molar-refractivity contribution is -0.147. The molecule has 3 aromatic rings. The number of amides is 1. The second-order valence-electron chi connectivity index (χ2n) is 6.41. The van der Waals surface area contributed by atoms with Gasteiger partial charge < -0.3 is 15.0 Å². The number of H-pyrrole nitrogens is 1. The molecule has 2 N–H and O–H groups in total. The zero-order chi connectivity index (χ0) is 19.2. The van der Waals surface area contributed by atoms with Crippen molar-refractivity contribution in [3.05, 3.63) is 64.3 Å². The van der Waals surface area contributed by atoms with Crippen LogP contribution in [0.15, 0.2) is 53.1 Å². The third-order valence-corrected chi connectivity index (χ3v) is 4.92. The molecule has 0 aliphatic heterocycles. The number of para-hydroxylation sites is 1. The number of anilines is 1. The summed E-state index contributed by atoms with van der Waals surface area (Å²) >= 11 is 3.40. The lowest BCUT2D eigenvalue weighted by Crippen LogP contribution is -2.21. The number of esters is 1. The number of rotatable bonds is 7. The molecule has 0 atom stereocenters. The minimum atomic E-state index is -0.368. The van der Waals surface area contributed by atoms with Gasteiger partial charge in [-0.05, 0) is 65.0 Å². The molecule has 0 fully saturated rings. The van der Waals surface area contributed by atoms with Crippen molar-refractivity contribution in [3.8, 4) is 0 Å². The van der Waals surface area contributed by atoms with E-state index in [0.29, 0.717) is 12.1 Å². The number of aromatic amines is 1. The summed E-state index contributed by atoms with van der Waals surface area (Å²) in [6.45, 7) is 1.68. The molecule has 3 rings (SSSR count). The summed E-state index contributed by atoms with van der Waals surface area (Å²) < 4.78 is 5.86. The predicted molar refractivity (Wildman–Crippen MR) is 110 cm³/mol. The minimum absolute atomic E-state index is 0.279. The molecule has 0 aliphatic carbocycles. The van der Waals surface area contributed by atoms with Crippen LogP contribution in [0.2, 0.25) is 0 Å². The maximum Gasteiger partial charge on any atom is 0.306 e. The van der Waals surface area contributed by atoms with Crippen molar-refractivity contribution in [2.75, 3.05) is 11.9 Å². The molecule has 6 heteroatoms. The topological polar surface area (TPSA) is 71.2 Å². The van der Waals surface area contributed by atoms with Crippen molar-refractivity contribution in [3.63, 3.8) is 0 Å². The fourth-order valence-electron chi connectivity index (χ4n) is 2.89. The second kappa shape index (κ2) is 8.86. The number of halogens is 1. The molecule has 0 unspecified atom stereocenters. The third kappa shape index (κ3) is 5.20. The molecule has 5 nitrogen and oxygen atoms in total. The van der Waals surface area contributed by atoms with E-state index in [9.17, 15) is 9.59 Å². The predicted octanol–water partition coefficient (Wildman–Crippen LogP) is 4.74. The summed E-state index contributed by atoms with van der Waals surface area (Å²) in [6.07, 6.45) is 3.71. The fraction of sp³-hybridized carbons (Fsp3) is 0.238. The monoisotopic (exact) mass is 428 g/mol. The van der Waals surface area contributed by atoms with E-state index in [0.717, 1.165) is 22.0 Å². The average Bonchev–Trinajstić information content (AvgIpc) is 3.06. The normalized spacial score (nSPS) is 10.7. The SMILES string of the molecule is Cc1ccc(NC(=O)COC(=O)CCCc2c[nH]c3ccccc23)c(Br)c1. The van der Waals surface area contributed by atoms with Crippen LogP contribution in [0, 0.1) is 6.92 Å². The lowest BCUT2D eigenvalue weighted by atomic mass is 10.1. The molecule has 1 heterocycles. The average molecular weight is 429 g/mol. The molecule has 27 heavy (non-hydrogen) atoms. The van der Waals surface area contributed by atoms with Crippen molar-refractivity contribution in [1.82, 2.24) is 4.98 Å². The summed E-state index contributed by atoms with van der Waals surface area (Å²) in [7, 11) is 0. The zero-order valence-corrected chi connectivity index (χ0v) is 16.6. The van der Waals surface area contributed by atoms with E-state index in [2.05, 4.69) is 32.3 Å². The Bertz CT molecular complexity index is 965. The van der Waals surface area contributed by atoms with E-state index in [4.69, 9.17) is 4.74 Å². The molecule has 140 valence electrons. The van der Waals surface area contributed by atoms with Gasteiger partial charge in [-0.3, -0.25) is 9.59 Å². The van der Waals surface area contributed by atoms with Gasteiger partial charge in [0.15, 0.2) is 6.61 Å². The zero-order valence-electron chi connectivity index (χ0n) is 15.0. The first-order chi connectivity index (χ1) is 13.0. The van der Waals surface area contributed by atoms with E-state index in [1.165, 1.54) is 10.9 Å². The van der Waals surface area contributed by atoms with Gasteiger partial charge in [0.1, 0.15) is 0 Å².